The molecule has 1 amide bonds. The molecule has 3 rings (SSSR count). The van der Waals surface area contributed by atoms with Crippen molar-refractivity contribution in [1.29, 1.82) is 0 Å². The first kappa shape index (κ1) is 17.4. The van der Waals surface area contributed by atoms with Gasteiger partial charge in [0, 0.05) is 45.0 Å². The quantitative estimate of drug-likeness (QED) is 0.843. The molecule has 0 aliphatic carbocycles. The molecule has 0 N–H and O–H groups in total. The molecule has 6 nitrogen and oxygen atoms in total. The highest BCUT2D eigenvalue weighted by atomic mass is 16.5. The largest absolute Gasteiger partial charge is 0.368 e. The Hall–Kier alpha value is -1.40. The zero-order valence-electron chi connectivity index (χ0n) is 15.1. The summed E-state index contributed by atoms with van der Waals surface area (Å²) < 4.78 is 7.53. The van der Waals surface area contributed by atoms with Crippen LogP contribution in [0.3, 0.4) is 0 Å². The molecule has 0 aromatic carbocycles. The maximum absolute atomic E-state index is 12.7. The summed E-state index contributed by atoms with van der Waals surface area (Å²) in [6, 6.07) is 0.329. The van der Waals surface area contributed by atoms with E-state index < -0.39 is 0 Å². The van der Waals surface area contributed by atoms with E-state index in [1.807, 2.05) is 29.9 Å². The molecule has 1 aromatic rings. The highest BCUT2D eigenvalue weighted by Crippen LogP contribution is 2.35. The molecule has 6 heteroatoms. The van der Waals surface area contributed by atoms with Gasteiger partial charge in [-0.2, -0.15) is 5.10 Å². The Bertz CT molecular complexity index is 553. The molecule has 3 atom stereocenters. The summed E-state index contributed by atoms with van der Waals surface area (Å²) in [5.41, 5.74) is 1.25. The van der Waals surface area contributed by atoms with E-state index in [-0.39, 0.29) is 12.0 Å². The van der Waals surface area contributed by atoms with Crippen LogP contribution < -0.4 is 0 Å². The molecule has 0 saturated carbocycles. The van der Waals surface area contributed by atoms with Crippen molar-refractivity contribution >= 4 is 5.91 Å². The number of likely N-dealkylation sites (N-methyl/N-ethyl adjacent to an activating group) is 1. The fraction of sp³-hybridized carbons (Fsp3) is 0.778. The molecular weight excluding hydrogens is 304 g/mol. The minimum Gasteiger partial charge on any atom is -0.368 e. The molecule has 3 heterocycles. The van der Waals surface area contributed by atoms with E-state index in [1.54, 1.807) is 0 Å². The summed E-state index contributed by atoms with van der Waals surface area (Å²) >= 11 is 0. The zero-order chi connectivity index (χ0) is 17.1. The minimum absolute atomic E-state index is 0.146. The van der Waals surface area contributed by atoms with Gasteiger partial charge in [0.25, 0.3) is 5.91 Å². The van der Waals surface area contributed by atoms with E-state index in [0.29, 0.717) is 18.6 Å². The van der Waals surface area contributed by atoms with Gasteiger partial charge in [0.15, 0.2) is 0 Å². The van der Waals surface area contributed by atoms with Crippen LogP contribution in [0.1, 0.15) is 43.7 Å². The predicted molar refractivity (Wildman–Crippen MR) is 92.5 cm³/mol. The fourth-order valence-corrected chi connectivity index (χ4v) is 4.19. The summed E-state index contributed by atoms with van der Waals surface area (Å²) in [7, 11) is 6.06. The number of ether oxygens (including phenoxy) is 1. The molecule has 2 aliphatic rings. The van der Waals surface area contributed by atoms with Crippen LogP contribution in [-0.2, 0) is 16.6 Å². The van der Waals surface area contributed by atoms with Crippen LogP contribution in [-0.4, -0.2) is 65.4 Å². The molecule has 2 fully saturated rings. The lowest BCUT2D eigenvalue weighted by atomic mass is 9.85. The van der Waals surface area contributed by atoms with Crippen LogP contribution in [0, 0.1) is 5.92 Å². The Morgan fingerprint density at radius 1 is 1.33 bits per heavy atom. The summed E-state index contributed by atoms with van der Waals surface area (Å²) in [6.07, 6.45) is 9.18. The second-order valence-electron chi connectivity index (χ2n) is 7.35. The van der Waals surface area contributed by atoms with E-state index in [0.717, 1.165) is 38.8 Å². The highest BCUT2D eigenvalue weighted by molar-refractivity contribution is 5.80. The molecule has 1 unspecified atom stereocenters. The smallest absolute Gasteiger partial charge is 0.251 e. The van der Waals surface area contributed by atoms with Crippen LogP contribution in [0.5, 0.6) is 0 Å². The van der Waals surface area contributed by atoms with Crippen LogP contribution >= 0.6 is 0 Å². The molecule has 134 valence electrons. The van der Waals surface area contributed by atoms with Crippen molar-refractivity contribution in [2.75, 3.05) is 33.8 Å². The molecule has 0 radical (unpaired) electrons. The van der Waals surface area contributed by atoms with E-state index in [2.05, 4.69) is 23.2 Å². The van der Waals surface area contributed by atoms with Gasteiger partial charge in [-0.1, -0.05) is 0 Å². The van der Waals surface area contributed by atoms with Gasteiger partial charge in [0.1, 0.15) is 6.10 Å². The number of aryl methyl sites for hydroxylation is 1. The third-order valence-electron chi connectivity index (χ3n) is 5.41. The van der Waals surface area contributed by atoms with E-state index in [9.17, 15) is 4.79 Å². The second kappa shape index (κ2) is 7.66. The Morgan fingerprint density at radius 3 is 2.83 bits per heavy atom. The van der Waals surface area contributed by atoms with Crippen molar-refractivity contribution in [2.45, 2.75) is 44.2 Å². The van der Waals surface area contributed by atoms with Crippen molar-refractivity contribution < 1.29 is 9.53 Å². The lowest BCUT2D eigenvalue weighted by molar-refractivity contribution is -0.146. The lowest BCUT2D eigenvalue weighted by Crippen LogP contribution is -2.45. The van der Waals surface area contributed by atoms with Crippen molar-refractivity contribution in [1.82, 2.24) is 19.6 Å². The molecular formula is C18H30N4O2. The van der Waals surface area contributed by atoms with Crippen molar-refractivity contribution in [3.63, 3.8) is 0 Å². The number of hydrogen-bond donors (Lipinski definition) is 0. The lowest BCUT2D eigenvalue weighted by Gasteiger charge is -2.41. The van der Waals surface area contributed by atoms with Crippen molar-refractivity contribution in [3.8, 4) is 0 Å². The molecule has 0 spiro atoms. The average molecular weight is 334 g/mol. The number of carbonyl (C=O) groups excluding carboxylic acids is 1. The van der Waals surface area contributed by atoms with Gasteiger partial charge >= 0.3 is 0 Å². The third kappa shape index (κ3) is 3.81. The summed E-state index contributed by atoms with van der Waals surface area (Å²) in [5.74, 6) is 0.582. The number of likely N-dealkylation sites (tertiary alicyclic amines) is 1. The SMILES string of the molecule is CN(C[C@@H]1CCCN(C)[C@H]1c1cnn(C)c1)C(=O)C1CCCCO1. The summed E-state index contributed by atoms with van der Waals surface area (Å²) in [5, 5.41) is 4.34. The zero-order valence-corrected chi connectivity index (χ0v) is 15.1. The van der Waals surface area contributed by atoms with Gasteiger partial charge in [0.2, 0.25) is 0 Å². The van der Waals surface area contributed by atoms with Crippen molar-refractivity contribution in [2.24, 2.45) is 13.0 Å². The van der Waals surface area contributed by atoms with Gasteiger partial charge in [0.05, 0.1) is 6.20 Å². The number of piperidine rings is 1. The van der Waals surface area contributed by atoms with E-state index in [1.165, 1.54) is 12.0 Å². The Labute approximate surface area is 144 Å². The first-order valence-corrected chi connectivity index (χ1v) is 9.11. The van der Waals surface area contributed by atoms with Crippen LogP contribution in [0.25, 0.3) is 0 Å². The first-order valence-electron chi connectivity index (χ1n) is 9.11. The van der Waals surface area contributed by atoms with Gasteiger partial charge in [-0.3, -0.25) is 14.4 Å². The van der Waals surface area contributed by atoms with Crippen LogP contribution in [0.4, 0.5) is 0 Å². The molecule has 2 aliphatic heterocycles. The topological polar surface area (TPSA) is 50.6 Å². The Balaban J connectivity index is 1.67. The van der Waals surface area contributed by atoms with Gasteiger partial charge in [-0.05, 0) is 51.6 Å². The first-order chi connectivity index (χ1) is 11.6. The third-order valence-corrected chi connectivity index (χ3v) is 5.41. The Kier molecular flexibility index (Phi) is 5.56. The van der Waals surface area contributed by atoms with Crippen molar-refractivity contribution in [3.05, 3.63) is 18.0 Å². The number of nitrogens with zero attached hydrogens (tertiary/aromatic N) is 4. The van der Waals surface area contributed by atoms with Crippen LogP contribution in [0.15, 0.2) is 12.4 Å². The Morgan fingerprint density at radius 2 is 2.17 bits per heavy atom. The molecule has 24 heavy (non-hydrogen) atoms. The van der Waals surface area contributed by atoms with Crippen LogP contribution in [0.2, 0.25) is 0 Å². The summed E-state index contributed by atoms with van der Waals surface area (Å²) in [4.78, 5) is 17.0. The molecule has 0 bridgehead atoms. The molecule has 2 saturated heterocycles. The average Bonchev–Trinajstić information content (AvgIpc) is 3.01. The minimum atomic E-state index is -0.234. The van der Waals surface area contributed by atoms with E-state index in [4.69, 9.17) is 4.74 Å². The standard InChI is InChI=1S/C18H30N4O2/c1-20-9-6-7-14(17(20)15-11-19-22(3)13-15)12-21(2)18(23)16-8-4-5-10-24-16/h11,13-14,16-17H,4-10,12H2,1-3H3/t14-,16?,17+/m0/s1. The second-order valence-corrected chi connectivity index (χ2v) is 7.35. The number of amides is 1. The van der Waals surface area contributed by atoms with Gasteiger partial charge in [-0.15, -0.1) is 0 Å². The molecule has 1 aromatic heterocycles. The maximum atomic E-state index is 12.7. The number of aromatic nitrogens is 2. The normalized spacial score (nSPS) is 28.7. The fourth-order valence-electron chi connectivity index (χ4n) is 4.19. The monoisotopic (exact) mass is 334 g/mol. The van der Waals surface area contributed by atoms with E-state index >= 15 is 0 Å². The predicted octanol–water partition coefficient (Wildman–Crippen LogP) is 1.83. The highest BCUT2D eigenvalue weighted by Gasteiger charge is 2.34. The number of rotatable bonds is 4. The summed E-state index contributed by atoms with van der Waals surface area (Å²) in [6.45, 7) is 2.59. The number of hydrogen-bond acceptors (Lipinski definition) is 4. The van der Waals surface area contributed by atoms with Gasteiger partial charge in [-0.25, -0.2) is 0 Å². The maximum Gasteiger partial charge on any atom is 0.251 e. The van der Waals surface area contributed by atoms with Gasteiger partial charge < -0.3 is 9.64 Å². The number of carbonyl (C=O) groups is 1.